The second-order valence-electron chi connectivity index (χ2n) is 7.74. The standard InChI is InChI=1S/C25H20ClN5O2/c26-21-10-4-1-7-16(21)19(20-13-27-22-11-5-2-8-17(20)22)14-28-24(32)15-31-25(33)18-9-3-6-12-23(18)29-30-31/h1-13,19,27H,14-15H2,(H,28,32). The summed E-state index contributed by atoms with van der Waals surface area (Å²) in [6, 6.07) is 22.5. The van der Waals surface area contributed by atoms with Gasteiger partial charge in [-0.2, -0.15) is 0 Å². The average Bonchev–Trinajstić information content (AvgIpc) is 3.26. The van der Waals surface area contributed by atoms with Gasteiger partial charge in [0.2, 0.25) is 5.91 Å². The Morgan fingerprint density at radius 1 is 0.970 bits per heavy atom. The van der Waals surface area contributed by atoms with Crippen molar-refractivity contribution < 1.29 is 4.79 Å². The van der Waals surface area contributed by atoms with Crippen LogP contribution in [0.5, 0.6) is 0 Å². The van der Waals surface area contributed by atoms with Crippen LogP contribution in [0.1, 0.15) is 17.0 Å². The predicted molar refractivity (Wildman–Crippen MR) is 128 cm³/mol. The molecule has 2 aromatic heterocycles. The highest BCUT2D eigenvalue weighted by molar-refractivity contribution is 6.31. The minimum atomic E-state index is -0.352. The number of nitrogens with zero attached hydrogens (tertiary/aromatic N) is 3. The number of amides is 1. The Hall–Kier alpha value is -3.97. The van der Waals surface area contributed by atoms with Crippen molar-refractivity contribution in [2.24, 2.45) is 0 Å². The summed E-state index contributed by atoms with van der Waals surface area (Å²) >= 11 is 6.52. The maximum absolute atomic E-state index is 12.8. The topological polar surface area (TPSA) is 92.7 Å². The molecule has 0 spiro atoms. The zero-order chi connectivity index (χ0) is 22.8. The Balaban J connectivity index is 1.41. The number of nitrogens with one attached hydrogen (secondary N) is 2. The van der Waals surface area contributed by atoms with E-state index in [4.69, 9.17) is 11.6 Å². The molecule has 0 saturated heterocycles. The minimum Gasteiger partial charge on any atom is -0.361 e. The molecule has 0 radical (unpaired) electrons. The van der Waals surface area contributed by atoms with Crippen LogP contribution in [0.15, 0.2) is 83.8 Å². The summed E-state index contributed by atoms with van der Waals surface area (Å²) in [4.78, 5) is 28.7. The number of benzene rings is 3. The van der Waals surface area contributed by atoms with Crippen LogP contribution in [0.3, 0.4) is 0 Å². The van der Waals surface area contributed by atoms with Crippen molar-refractivity contribution in [3.63, 3.8) is 0 Å². The molecule has 2 heterocycles. The fourth-order valence-corrected chi connectivity index (χ4v) is 4.33. The van der Waals surface area contributed by atoms with Crippen LogP contribution >= 0.6 is 11.6 Å². The zero-order valence-electron chi connectivity index (χ0n) is 17.5. The highest BCUT2D eigenvalue weighted by atomic mass is 35.5. The van der Waals surface area contributed by atoms with Gasteiger partial charge in [0.05, 0.1) is 5.39 Å². The van der Waals surface area contributed by atoms with Gasteiger partial charge in [-0.05, 0) is 35.4 Å². The molecule has 7 nitrogen and oxygen atoms in total. The van der Waals surface area contributed by atoms with Gasteiger partial charge in [-0.15, -0.1) is 5.10 Å². The monoisotopic (exact) mass is 457 g/mol. The van der Waals surface area contributed by atoms with Gasteiger partial charge in [-0.25, -0.2) is 4.68 Å². The van der Waals surface area contributed by atoms with E-state index < -0.39 is 0 Å². The van der Waals surface area contributed by atoms with Crippen LogP contribution < -0.4 is 10.9 Å². The molecule has 164 valence electrons. The van der Waals surface area contributed by atoms with Crippen LogP contribution in [-0.2, 0) is 11.3 Å². The van der Waals surface area contributed by atoms with E-state index in [1.54, 1.807) is 24.3 Å². The number of hydrogen-bond donors (Lipinski definition) is 2. The van der Waals surface area contributed by atoms with Gasteiger partial charge < -0.3 is 10.3 Å². The lowest BCUT2D eigenvalue weighted by molar-refractivity contribution is -0.121. The normalized spacial score (nSPS) is 12.2. The van der Waals surface area contributed by atoms with Gasteiger partial charge in [-0.3, -0.25) is 9.59 Å². The van der Waals surface area contributed by atoms with E-state index in [2.05, 4.69) is 20.6 Å². The van der Waals surface area contributed by atoms with Crippen LogP contribution in [0.2, 0.25) is 5.02 Å². The van der Waals surface area contributed by atoms with Crippen LogP contribution in [0.25, 0.3) is 21.8 Å². The van der Waals surface area contributed by atoms with E-state index >= 15 is 0 Å². The fraction of sp³-hybridized carbons (Fsp3) is 0.120. The third-order valence-corrected chi connectivity index (χ3v) is 6.05. The zero-order valence-corrected chi connectivity index (χ0v) is 18.3. The molecule has 0 bridgehead atoms. The van der Waals surface area contributed by atoms with E-state index in [0.29, 0.717) is 22.5 Å². The summed E-state index contributed by atoms with van der Waals surface area (Å²) in [6.07, 6.45) is 1.95. The Kier molecular flexibility index (Phi) is 5.62. The average molecular weight is 458 g/mol. The molecule has 3 aromatic carbocycles. The third-order valence-electron chi connectivity index (χ3n) is 5.70. The first-order chi connectivity index (χ1) is 16.1. The maximum Gasteiger partial charge on any atom is 0.278 e. The number of hydrogen-bond acceptors (Lipinski definition) is 4. The number of halogens is 1. The lowest BCUT2D eigenvalue weighted by atomic mass is 9.90. The molecule has 5 aromatic rings. The molecule has 0 fully saturated rings. The number of para-hydroxylation sites is 1. The largest absolute Gasteiger partial charge is 0.361 e. The quantitative estimate of drug-likeness (QED) is 0.404. The Morgan fingerprint density at radius 3 is 2.55 bits per heavy atom. The SMILES string of the molecule is O=C(Cn1nnc2ccccc2c1=O)NCC(c1ccccc1Cl)c1c[nH]c2ccccc12. The smallest absolute Gasteiger partial charge is 0.278 e. The molecule has 0 aliphatic rings. The molecular formula is C25H20ClN5O2. The predicted octanol–water partition coefficient (Wildman–Crippen LogP) is 3.87. The molecular weight excluding hydrogens is 438 g/mol. The molecule has 8 heteroatoms. The Morgan fingerprint density at radius 2 is 1.70 bits per heavy atom. The summed E-state index contributed by atoms with van der Waals surface area (Å²) in [5, 5.41) is 13.0. The molecule has 0 saturated carbocycles. The van der Waals surface area contributed by atoms with E-state index in [0.717, 1.165) is 26.7 Å². The second kappa shape index (κ2) is 8.88. The van der Waals surface area contributed by atoms with E-state index in [1.165, 1.54) is 0 Å². The summed E-state index contributed by atoms with van der Waals surface area (Å²) in [5.41, 5.74) is 3.09. The molecule has 2 N–H and O–H groups in total. The highest BCUT2D eigenvalue weighted by Gasteiger charge is 2.21. The minimum absolute atomic E-state index is 0.182. The van der Waals surface area contributed by atoms with E-state index in [1.807, 2.05) is 54.7 Å². The first-order valence-corrected chi connectivity index (χ1v) is 10.9. The molecule has 5 rings (SSSR count). The van der Waals surface area contributed by atoms with Gasteiger partial charge in [0, 0.05) is 34.6 Å². The van der Waals surface area contributed by atoms with Crippen molar-refractivity contribution in [2.45, 2.75) is 12.5 Å². The van der Waals surface area contributed by atoms with Crippen molar-refractivity contribution in [3.05, 3.63) is 105 Å². The first-order valence-electron chi connectivity index (χ1n) is 10.5. The maximum atomic E-state index is 12.8. The van der Waals surface area contributed by atoms with Gasteiger partial charge >= 0.3 is 0 Å². The van der Waals surface area contributed by atoms with Gasteiger partial charge in [0.1, 0.15) is 12.1 Å². The van der Waals surface area contributed by atoms with E-state index in [-0.39, 0.29) is 23.9 Å². The first kappa shape index (κ1) is 20.9. The lowest BCUT2D eigenvalue weighted by Crippen LogP contribution is -2.36. The molecule has 0 aliphatic heterocycles. The summed E-state index contributed by atoms with van der Waals surface area (Å²) < 4.78 is 1.08. The van der Waals surface area contributed by atoms with Crippen molar-refractivity contribution in [1.29, 1.82) is 0 Å². The van der Waals surface area contributed by atoms with Crippen molar-refractivity contribution in [1.82, 2.24) is 25.3 Å². The summed E-state index contributed by atoms with van der Waals surface area (Å²) in [6.45, 7) is 0.0833. The summed E-state index contributed by atoms with van der Waals surface area (Å²) in [5.74, 6) is -0.517. The fourth-order valence-electron chi connectivity index (χ4n) is 4.06. The number of aromatic amines is 1. The Bertz CT molecular complexity index is 1520. The van der Waals surface area contributed by atoms with Gasteiger partial charge in [-0.1, -0.05) is 65.3 Å². The van der Waals surface area contributed by atoms with Crippen molar-refractivity contribution >= 4 is 39.3 Å². The summed E-state index contributed by atoms with van der Waals surface area (Å²) in [7, 11) is 0. The van der Waals surface area contributed by atoms with E-state index in [9.17, 15) is 9.59 Å². The number of carbonyl (C=O) groups excluding carboxylic acids is 1. The van der Waals surface area contributed by atoms with Crippen molar-refractivity contribution in [2.75, 3.05) is 6.54 Å². The lowest BCUT2D eigenvalue weighted by Gasteiger charge is -2.19. The van der Waals surface area contributed by atoms with Crippen LogP contribution in [-0.4, -0.2) is 32.4 Å². The molecule has 1 amide bonds. The number of aromatic nitrogens is 4. The molecule has 1 unspecified atom stereocenters. The number of rotatable bonds is 6. The highest BCUT2D eigenvalue weighted by Crippen LogP contribution is 2.34. The third kappa shape index (κ3) is 4.10. The molecule has 0 aliphatic carbocycles. The van der Waals surface area contributed by atoms with Crippen LogP contribution in [0.4, 0.5) is 0 Å². The Labute approximate surface area is 194 Å². The number of H-pyrrole nitrogens is 1. The number of carbonyl (C=O) groups is 1. The van der Waals surface area contributed by atoms with Gasteiger partial charge in [0.15, 0.2) is 0 Å². The molecule has 33 heavy (non-hydrogen) atoms. The number of fused-ring (bicyclic) bond motifs is 2. The molecule has 1 atom stereocenters. The van der Waals surface area contributed by atoms with Gasteiger partial charge in [0.25, 0.3) is 5.56 Å². The second-order valence-corrected chi connectivity index (χ2v) is 8.14. The van der Waals surface area contributed by atoms with Crippen molar-refractivity contribution in [3.8, 4) is 0 Å². The van der Waals surface area contributed by atoms with Crippen LogP contribution in [0, 0.1) is 0 Å².